The number of pyridine rings is 1. The van der Waals surface area contributed by atoms with Gasteiger partial charge in [-0.1, -0.05) is 6.07 Å². The Morgan fingerprint density at radius 1 is 1.35 bits per heavy atom. The van der Waals surface area contributed by atoms with Gasteiger partial charge in [-0.2, -0.15) is 0 Å². The van der Waals surface area contributed by atoms with Crippen LogP contribution in [0.2, 0.25) is 0 Å². The summed E-state index contributed by atoms with van der Waals surface area (Å²) in [5.74, 6) is 1.25. The van der Waals surface area contributed by atoms with Crippen molar-refractivity contribution in [2.24, 2.45) is 17.6 Å². The van der Waals surface area contributed by atoms with Crippen molar-refractivity contribution in [3.05, 3.63) is 30.1 Å². The molecule has 1 heterocycles. The Bertz CT molecular complexity index is 356. The standard InChI is InChI=1S/C14H20N2O/c15-9-11-3-5-13(6-4-11)14(17)8-12-2-1-7-16-10-12/h1-2,7,10-11,13H,3-6,8-9,15H2. The number of carbonyl (C=O) groups excluding carboxylic acids is 1. The Hall–Kier alpha value is -1.22. The first-order chi connectivity index (χ1) is 8.29. The van der Waals surface area contributed by atoms with E-state index in [1.54, 1.807) is 12.4 Å². The van der Waals surface area contributed by atoms with Crippen LogP contribution in [-0.4, -0.2) is 17.3 Å². The number of nitrogens with zero attached hydrogens (tertiary/aromatic N) is 1. The average molecular weight is 232 g/mol. The third kappa shape index (κ3) is 3.37. The fourth-order valence-corrected chi connectivity index (χ4v) is 2.57. The number of hydrogen-bond acceptors (Lipinski definition) is 3. The lowest BCUT2D eigenvalue weighted by Gasteiger charge is -2.26. The Balaban J connectivity index is 1.85. The molecule has 0 saturated heterocycles. The molecule has 1 aliphatic carbocycles. The fraction of sp³-hybridized carbons (Fsp3) is 0.571. The van der Waals surface area contributed by atoms with E-state index in [4.69, 9.17) is 5.73 Å². The van der Waals surface area contributed by atoms with Gasteiger partial charge in [0, 0.05) is 24.7 Å². The van der Waals surface area contributed by atoms with Crippen LogP contribution in [-0.2, 0) is 11.2 Å². The molecule has 1 aliphatic rings. The van der Waals surface area contributed by atoms with Crippen molar-refractivity contribution < 1.29 is 4.79 Å². The molecule has 0 bridgehead atoms. The molecule has 0 spiro atoms. The summed E-state index contributed by atoms with van der Waals surface area (Å²) in [6.45, 7) is 0.767. The lowest BCUT2D eigenvalue weighted by Crippen LogP contribution is -2.26. The Morgan fingerprint density at radius 3 is 2.71 bits per heavy atom. The molecule has 0 aromatic carbocycles. The molecule has 1 fully saturated rings. The van der Waals surface area contributed by atoms with Crippen LogP contribution in [0.15, 0.2) is 24.5 Å². The minimum Gasteiger partial charge on any atom is -0.330 e. The minimum atomic E-state index is 0.248. The Kier molecular flexibility index (Phi) is 4.26. The summed E-state index contributed by atoms with van der Waals surface area (Å²) in [4.78, 5) is 16.1. The van der Waals surface area contributed by atoms with Crippen molar-refractivity contribution in [2.45, 2.75) is 32.1 Å². The normalized spacial score (nSPS) is 24.5. The highest BCUT2D eigenvalue weighted by Gasteiger charge is 2.25. The van der Waals surface area contributed by atoms with Crippen LogP contribution in [0.4, 0.5) is 0 Å². The van der Waals surface area contributed by atoms with Gasteiger partial charge in [0.15, 0.2) is 0 Å². The van der Waals surface area contributed by atoms with E-state index < -0.39 is 0 Å². The molecule has 3 nitrogen and oxygen atoms in total. The van der Waals surface area contributed by atoms with Gasteiger partial charge in [-0.05, 0) is 49.8 Å². The summed E-state index contributed by atoms with van der Waals surface area (Å²) in [6, 6.07) is 3.85. The first kappa shape index (κ1) is 12.2. The summed E-state index contributed by atoms with van der Waals surface area (Å²) < 4.78 is 0. The summed E-state index contributed by atoms with van der Waals surface area (Å²) in [5.41, 5.74) is 6.68. The van der Waals surface area contributed by atoms with E-state index >= 15 is 0 Å². The quantitative estimate of drug-likeness (QED) is 0.863. The van der Waals surface area contributed by atoms with Crippen LogP contribution in [0, 0.1) is 11.8 Å². The smallest absolute Gasteiger partial charge is 0.140 e. The molecule has 17 heavy (non-hydrogen) atoms. The second-order valence-electron chi connectivity index (χ2n) is 4.96. The average Bonchev–Trinajstić information content (AvgIpc) is 2.40. The van der Waals surface area contributed by atoms with Gasteiger partial charge in [0.1, 0.15) is 5.78 Å². The van der Waals surface area contributed by atoms with Gasteiger partial charge >= 0.3 is 0 Å². The second kappa shape index (κ2) is 5.92. The predicted molar refractivity (Wildman–Crippen MR) is 67.5 cm³/mol. The number of carbonyl (C=O) groups is 1. The minimum absolute atomic E-state index is 0.248. The number of rotatable bonds is 4. The first-order valence-electron chi connectivity index (χ1n) is 6.41. The van der Waals surface area contributed by atoms with Crippen LogP contribution in [0.25, 0.3) is 0 Å². The fourth-order valence-electron chi connectivity index (χ4n) is 2.57. The van der Waals surface area contributed by atoms with Crippen molar-refractivity contribution in [3.8, 4) is 0 Å². The largest absolute Gasteiger partial charge is 0.330 e. The molecule has 0 atom stereocenters. The van der Waals surface area contributed by atoms with Crippen LogP contribution in [0.1, 0.15) is 31.2 Å². The SMILES string of the molecule is NCC1CCC(C(=O)Cc2cccnc2)CC1. The molecule has 92 valence electrons. The zero-order valence-electron chi connectivity index (χ0n) is 10.1. The van der Waals surface area contributed by atoms with Gasteiger partial charge in [0.25, 0.3) is 0 Å². The third-order valence-corrected chi connectivity index (χ3v) is 3.74. The first-order valence-corrected chi connectivity index (χ1v) is 6.41. The van der Waals surface area contributed by atoms with Gasteiger partial charge in [-0.15, -0.1) is 0 Å². The molecule has 0 aliphatic heterocycles. The van der Waals surface area contributed by atoms with Gasteiger partial charge in [-0.3, -0.25) is 9.78 Å². The number of nitrogens with two attached hydrogens (primary N) is 1. The van der Waals surface area contributed by atoms with Crippen LogP contribution in [0.3, 0.4) is 0 Å². The maximum absolute atomic E-state index is 12.1. The molecule has 0 amide bonds. The van der Waals surface area contributed by atoms with Crippen molar-refractivity contribution >= 4 is 5.78 Å². The summed E-state index contributed by atoms with van der Waals surface area (Å²) in [6.07, 6.45) is 8.30. The van der Waals surface area contributed by atoms with E-state index in [0.717, 1.165) is 37.8 Å². The molecular formula is C14H20N2O. The van der Waals surface area contributed by atoms with E-state index in [1.807, 2.05) is 12.1 Å². The zero-order valence-corrected chi connectivity index (χ0v) is 10.1. The van der Waals surface area contributed by atoms with E-state index in [9.17, 15) is 4.79 Å². The lowest BCUT2D eigenvalue weighted by atomic mass is 9.79. The van der Waals surface area contributed by atoms with E-state index in [2.05, 4.69) is 4.98 Å². The molecular weight excluding hydrogens is 212 g/mol. The van der Waals surface area contributed by atoms with Crippen molar-refractivity contribution in [2.75, 3.05) is 6.54 Å². The Labute approximate surface area is 102 Å². The Morgan fingerprint density at radius 2 is 2.12 bits per heavy atom. The van der Waals surface area contributed by atoms with Gasteiger partial charge in [0.2, 0.25) is 0 Å². The number of hydrogen-bond donors (Lipinski definition) is 1. The van der Waals surface area contributed by atoms with Crippen LogP contribution < -0.4 is 5.73 Å². The van der Waals surface area contributed by atoms with Gasteiger partial charge in [0.05, 0.1) is 0 Å². The zero-order chi connectivity index (χ0) is 12.1. The topological polar surface area (TPSA) is 56.0 Å². The maximum Gasteiger partial charge on any atom is 0.140 e. The predicted octanol–water partition coefficient (Wildman–Crippen LogP) is 1.96. The van der Waals surface area contributed by atoms with Gasteiger partial charge < -0.3 is 5.73 Å². The van der Waals surface area contributed by atoms with Gasteiger partial charge in [-0.25, -0.2) is 0 Å². The van der Waals surface area contributed by atoms with Crippen molar-refractivity contribution in [1.82, 2.24) is 4.98 Å². The number of ketones is 1. The highest BCUT2D eigenvalue weighted by atomic mass is 16.1. The monoisotopic (exact) mass is 232 g/mol. The molecule has 3 heteroatoms. The van der Waals surface area contributed by atoms with Crippen molar-refractivity contribution in [1.29, 1.82) is 0 Å². The third-order valence-electron chi connectivity index (χ3n) is 3.74. The van der Waals surface area contributed by atoms with E-state index in [1.165, 1.54) is 0 Å². The van der Waals surface area contributed by atoms with Crippen LogP contribution in [0.5, 0.6) is 0 Å². The molecule has 1 aromatic rings. The number of aromatic nitrogens is 1. The molecule has 2 rings (SSSR count). The van der Waals surface area contributed by atoms with Crippen molar-refractivity contribution in [3.63, 3.8) is 0 Å². The van der Waals surface area contributed by atoms with Crippen LogP contribution >= 0.6 is 0 Å². The molecule has 1 saturated carbocycles. The maximum atomic E-state index is 12.1. The number of Topliss-reactive ketones (excluding diaryl/α,β-unsaturated/α-hetero) is 1. The van der Waals surface area contributed by atoms with E-state index in [0.29, 0.717) is 18.1 Å². The summed E-state index contributed by atoms with van der Waals surface area (Å²) in [5, 5.41) is 0. The highest BCUT2D eigenvalue weighted by molar-refractivity contribution is 5.83. The van der Waals surface area contributed by atoms with E-state index in [-0.39, 0.29) is 5.92 Å². The molecule has 0 unspecified atom stereocenters. The molecule has 0 radical (unpaired) electrons. The molecule has 2 N–H and O–H groups in total. The summed E-state index contributed by atoms with van der Waals surface area (Å²) >= 11 is 0. The highest BCUT2D eigenvalue weighted by Crippen LogP contribution is 2.29. The lowest BCUT2D eigenvalue weighted by molar-refractivity contribution is -0.123. The molecule has 1 aromatic heterocycles. The summed E-state index contributed by atoms with van der Waals surface area (Å²) in [7, 11) is 0. The second-order valence-corrected chi connectivity index (χ2v) is 4.96.